The van der Waals surface area contributed by atoms with Gasteiger partial charge in [0.25, 0.3) is 0 Å². The molecule has 0 amide bonds. The maximum Gasteiger partial charge on any atom is 0.469 e. The fourth-order valence-electron chi connectivity index (χ4n) is 2.96. The van der Waals surface area contributed by atoms with Crippen molar-refractivity contribution in [3.63, 3.8) is 0 Å². The molecule has 140 valence electrons. The van der Waals surface area contributed by atoms with E-state index in [-0.39, 0.29) is 17.2 Å². The zero-order valence-electron chi connectivity index (χ0n) is 13.4. The number of phosphoric ester groups is 1. The number of nitrogens with two attached hydrogens (primary N) is 1. The number of ether oxygens (including phenoxy) is 1. The van der Waals surface area contributed by atoms with Gasteiger partial charge in [0.2, 0.25) is 5.60 Å². The molecule has 0 radical (unpaired) electrons. The van der Waals surface area contributed by atoms with Gasteiger partial charge in [-0.05, 0) is 6.92 Å². The first-order chi connectivity index (χ1) is 12.0. The Morgan fingerprint density at radius 3 is 2.88 bits per heavy atom. The molecular weight excluding hydrogens is 372 g/mol. The van der Waals surface area contributed by atoms with Crippen molar-refractivity contribution in [1.29, 1.82) is 5.26 Å². The lowest BCUT2D eigenvalue weighted by Gasteiger charge is -2.30. The van der Waals surface area contributed by atoms with Gasteiger partial charge in [-0.1, -0.05) is 0 Å². The van der Waals surface area contributed by atoms with Crippen LogP contribution in [0.15, 0.2) is 18.6 Å². The molecule has 5 N–H and O–H groups in total. The third-order valence-electron chi connectivity index (χ3n) is 4.30. The molecule has 3 rings (SSSR count). The summed E-state index contributed by atoms with van der Waals surface area (Å²) in [6, 6.07) is 1.71. The van der Waals surface area contributed by atoms with E-state index in [4.69, 9.17) is 20.3 Å². The zero-order chi connectivity index (χ0) is 19.3. The van der Waals surface area contributed by atoms with E-state index in [0.717, 1.165) is 13.1 Å². The number of nitrogen functional groups attached to an aromatic ring is 1. The van der Waals surface area contributed by atoms with Gasteiger partial charge in [-0.25, -0.2) is 18.9 Å². The van der Waals surface area contributed by atoms with Crippen molar-refractivity contribution >= 4 is 19.3 Å². The molecule has 0 unspecified atom stereocenters. The van der Waals surface area contributed by atoms with Gasteiger partial charge in [-0.3, -0.25) is 8.92 Å². The normalized spacial score (nSPS) is 32.0. The van der Waals surface area contributed by atoms with Gasteiger partial charge in [-0.2, -0.15) is 5.26 Å². The second-order valence-corrected chi connectivity index (χ2v) is 7.14. The molecule has 0 aliphatic carbocycles. The number of rotatable bonds is 4. The van der Waals surface area contributed by atoms with Gasteiger partial charge in [0.1, 0.15) is 18.3 Å². The quantitative estimate of drug-likeness (QED) is 0.506. The monoisotopic (exact) mass is 387 g/mol. The third-order valence-corrected chi connectivity index (χ3v) is 4.79. The van der Waals surface area contributed by atoms with Crippen molar-refractivity contribution in [2.45, 2.75) is 30.4 Å². The van der Waals surface area contributed by atoms with Crippen LogP contribution in [0.4, 0.5) is 10.2 Å². The van der Waals surface area contributed by atoms with Crippen LogP contribution < -0.4 is 5.73 Å². The molecule has 0 saturated carbocycles. The number of hydrogen-bond acceptors (Lipinski definition) is 8. The summed E-state index contributed by atoms with van der Waals surface area (Å²) in [7, 11) is -4.88. The highest BCUT2D eigenvalue weighted by molar-refractivity contribution is 7.46. The van der Waals surface area contributed by atoms with E-state index < -0.39 is 37.9 Å². The highest BCUT2D eigenvalue weighted by Crippen LogP contribution is 2.50. The van der Waals surface area contributed by atoms with Gasteiger partial charge >= 0.3 is 7.82 Å². The van der Waals surface area contributed by atoms with E-state index in [1.165, 1.54) is 16.8 Å². The van der Waals surface area contributed by atoms with Crippen LogP contribution in [0.2, 0.25) is 0 Å². The number of phosphoric acid groups is 1. The Balaban J connectivity index is 2.09. The Morgan fingerprint density at radius 2 is 2.27 bits per heavy atom. The minimum atomic E-state index is -4.88. The number of imidazole rings is 1. The Bertz CT molecular complexity index is 939. The van der Waals surface area contributed by atoms with E-state index >= 15 is 4.39 Å². The van der Waals surface area contributed by atoms with Crippen LogP contribution in [0.25, 0.3) is 5.65 Å². The Labute approximate surface area is 146 Å². The SMILES string of the molecule is C[C@@]1(F)[C@H](O)[C@@H](COP(=O)(O)O)O[C@@]1(C#N)c1cnc2c(N)nccn12. The standard InChI is InChI=1S/C13H15FN5O6P/c1-12(14)9(20)7(5-24-26(21,22)23)25-13(12,6-15)8-4-18-11-10(16)17-2-3-19(8)11/h2-4,7,9,20H,5H2,1H3,(H2,16,17)(H2,21,22,23)/t7-,9-,12-,13+/m1/s1. The zero-order valence-corrected chi connectivity index (χ0v) is 14.2. The van der Waals surface area contributed by atoms with Crippen LogP contribution in [0.3, 0.4) is 0 Å². The Hall–Kier alpha value is -2.13. The number of halogens is 1. The molecule has 2 aromatic heterocycles. The maximum absolute atomic E-state index is 15.5. The Kier molecular flexibility index (Phi) is 4.27. The molecule has 4 atom stereocenters. The lowest BCUT2D eigenvalue weighted by molar-refractivity contribution is -0.0707. The highest BCUT2D eigenvalue weighted by atomic mass is 31.2. The third kappa shape index (κ3) is 2.66. The highest BCUT2D eigenvalue weighted by Gasteiger charge is 2.67. The average molecular weight is 387 g/mol. The molecular formula is C13H15FN5O6P. The first-order valence-electron chi connectivity index (χ1n) is 7.27. The minimum absolute atomic E-state index is 0.0346. The predicted molar refractivity (Wildman–Crippen MR) is 83.1 cm³/mol. The van der Waals surface area contributed by atoms with Crippen molar-refractivity contribution < 1.29 is 33.1 Å². The summed E-state index contributed by atoms with van der Waals surface area (Å²) in [5.41, 5.74) is 0.808. The molecule has 11 nitrogen and oxygen atoms in total. The molecule has 1 aliphatic heterocycles. The lowest BCUT2D eigenvalue weighted by Crippen LogP contribution is -2.48. The van der Waals surface area contributed by atoms with Gasteiger partial charge < -0.3 is 25.4 Å². The number of aliphatic hydroxyl groups excluding tert-OH is 1. The molecule has 3 heterocycles. The summed E-state index contributed by atoms with van der Waals surface area (Å²) in [4.78, 5) is 25.4. The molecule has 26 heavy (non-hydrogen) atoms. The van der Waals surface area contributed by atoms with Crippen molar-refractivity contribution in [3.05, 3.63) is 24.3 Å². The molecule has 1 fully saturated rings. The molecule has 0 spiro atoms. The van der Waals surface area contributed by atoms with Crippen LogP contribution in [0, 0.1) is 11.3 Å². The summed E-state index contributed by atoms with van der Waals surface area (Å²) in [6.45, 7) is 0.122. The van der Waals surface area contributed by atoms with E-state index in [0.29, 0.717) is 0 Å². The van der Waals surface area contributed by atoms with Gasteiger partial charge in [0.15, 0.2) is 17.1 Å². The van der Waals surface area contributed by atoms with E-state index in [1.807, 2.05) is 0 Å². The topological polar surface area (TPSA) is 176 Å². The van der Waals surface area contributed by atoms with Crippen LogP contribution >= 0.6 is 7.82 Å². The van der Waals surface area contributed by atoms with Crippen molar-refractivity contribution in [1.82, 2.24) is 14.4 Å². The predicted octanol–water partition coefficient (Wildman–Crippen LogP) is -0.372. The van der Waals surface area contributed by atoms with E-state index in [1.54, 1.807) is 6.07 Å². The minimum Gasteiger partial charge on any atom is -0.387 e. The number of anilines is 1. The summed E-state index contributed by atoms with van der Waals surface area (Å²) in [5.74, 6) is 0.0346. The van der Waals surface area contributed by atoms with E-state index in [9.17, 15) is 14.9 Å². The molecule has 0 bridgehead atoms. The lowest BCUT2D eigenvalue weighted by atomic mass is 9.82. The first kappa shape index (κ1) is 18.7. The van der Waals surface area contributed by atoms with Crippen LogP contribution in [-0.4, -0.2) is 53.7 Å². The summed E-state index contributed by atoms with van der Waals surface area (Å²) in [5, 5.41) is 20.0. The summed E-state index contributed by atoms with van der Waals surface area (Å²) >= 11 is 0. The summed E-state index contributed by atoms with van der Waals surface area (Å²) in [6.07, 6.45) is 0.445. The maximum atomic E-state index is 15.5. The van der Waals surface area contributed by atoms with Crippen molar-refractivity contribution in [2.75, 3.05) is 12.3 Å². The molecule has 0 aromatic carbocycles. The number of aromatic nitrogens is 3. The smallest absolute Gasteiger partial charge is 0.387 e. The van der Waals surface area contributed by atoms with Gasteiger partial charge in [0.05, 0.1) is 18.5 Å². The van der Waals surface area contributed by atoms with Crippen molar-refractivity contribution in [2.24, 2.45) is 0 Å². The molecule has 2 aromatic rings. The van der Waals surface area contributed by atoms with Crippen molar-refractivity contribution in [3.8, 4) is 6.07 Å². The fraction of sp³-hybridized carbons (Fsp3) is 0.462. The number of fused-ring (bicyclic) bond motifs is 1. The molecule has 1 saturated heterocycles. The van der Waals surface area contributed by atoms with Crippen LogP contribution in [-0.2, 0) is 19.4 Å². The van der Waals surface area contributed by atoms with Gasteiger partial charge in [-0.15, -0.1) is 0 Å². The number of alkyl halides is 1. The summed E-state index contributed by atoms with van der Waals surface area (Å²) < 4.78 is 37.3. The number of hydrogen-bond donors (Lipinski definition) is 4. The first-order valence-corrected chi connectivity index (χ1v) is 8.80. The van der Waals surface area contributed by atoms with E-state index in [2.05, 4.69) is 14.5 Å². The second-order valence-electron chi connectivity index (χ2n) is 5.91. The fourth-order valence-corrected chi connectivity index (χ4v) is 3.30. The number of nitriles is 1. The largest absolute Gasteiger partial charge is 0.469 e. The molecule has 1 aliphatic rings. The van der Waals surface area contributed by atoms with Gasteiger partial charge in [0, 0.05) is 12.4 Å². The second kappa shape index (κ2) is 5.95. The Morgan fingerprint density at radius 1 is 1.58 bits per heavy atom. The number of nitrogens with zero attached hydrogens (tertiary/aromatic N) is 4. The number of aliphatic hydroxyl groups is 1. The molecule has 13 heteroatoms. The average Bonchev–Trinajstić information content (AvgIpc) is 3.06. The van der Waals surface area contributed by atoms with Crippen LogP contribution in [0.5, 0.6) is 0 Å². The van der Waals surface area contributed by atoms with Crippen LogP contribution in [0.1, 0.15) is 12.6 Å².